The van der Waals surface area contributed by atoms with Crippen molar-refractivity contribution >= 4 is 17.7 Å². The van der Waals surface area contributed by atoms with E-state index in [2.05, 4.69) is 0 Å². The van der Waals surface area contributed by atoms with Crippen molar-refractivity contribution in [2.45, 2.75) is 43.8 Å². The van der Waals surface area contributed by atoms with Crippen LogP contribution in [0, 0.1) is 0 Å². The molecule has 33 heavy (non-hydrogen) atoms. The van der Waals surface area contributed by atoms with Crippen molar-refractivity contribution in [3.8, 4) is 5.75 Å². The number of carbonyl (C=O) groups excluding carboxylic acids is 3. The molecule has 4 rings (SSSR count). The topological polar surface area (TPSA) is 76.2 Å². The molecule has 174 valence electrons. The van der Waals surface area contributed by atoms with Crippen LogP contribution in [0.5, 0.6) is 5.75 Å². The zero-order valence-corrected chi connectivity index (χ0v) is 19.2. The van der Waals surface area contributed by atoms with Crippen LogP contribution < -0.4 is 4.74 Å². The smallest absolute Gasteiger partial charge is 0.240 e. The van der Waals surface area contributed by atoms with Gasteiger partial charge < -0.3 is 14.4 Å². The van der Waals surface area contributed by atoms with Gasteiger partial charge in [0.2, 0.25) is 17.7 Å². The van der Waals surface area contributed by atoms with Crippen LogP contribution in [-0.2, 0) is 31.1 Å². The number of imide groups is 1. The minimum atomic E-state index is -1.17. The van der Waals surface area contributed by atoms with Gasteiger partial charge >= 0.3 is 0 Å². The van der Waals surface area contributed by atoms with E-state index < -0.39 is 5.41 Å². The Labute approximate surface area is 194 Å². The van der Waals surface area contributed by atoms with Gasteiger partial charge in [-0.3, -0.25) is 19.3 Å². The molecule has 0 spiro atoms. The molecule has 0 bridgehead atoms. The summed E-state index contributed by atoms with van der Waals surface area (Å²) in [6, 6.07) is 17.1. The van der Waals surface area contributed by atoms with E-state index in [1.54, 1.807) is 36.3 Å². The Bertz CT molecular complexity index is 999. The highest BCUT2D eigenvalue weighted by molar-refractivity contribution is 6.10. The molecule has 2 aliphatic heterocycles. The van der Waals surface area contributed by atoms with E-state index >= 15 is 0 Å². The number of benzene rings is 2. The molecule has 0 aromatic heterocycles. The highest BCUT2D eigenvalue weighted by Crippen LogP contribution is 2.40. The molecule has 2 aliphatic rings. The number of ether oxygens (including phenoxy) is 2. The zero-order chi connectivity index (χ0) is 23.4. The van der Waals surface area contributed by atoms with Crippen molar-refractivity contribution in [1.82, 2.24) is 9.80 Å². The number of nitrogens with zero attached hydrogens (tertiary/aromatic N) is 2. The average Bonchev–Trinajstić information content (AvgIpc) is 3.07. The molecule has 2 saturated heterocycles. The standard InChI is InChI=1S/C26H30N2O5/c1-27-23(29)16-26(25(27)31,20-8-10-21(32-2)11-9-20)17-24(30)28-14-12-22(13-15-28)33-18-19-6-4-3-5-7-19/h3-11,22H,12-18H2,1-2H3/t26-/m1/s1. The maximum atomic E-state index is 13.3. The summed E-state index contributed by atoms with van der Waals surface area (Å²) >= 11 is 0. The maximum Gasteiger partial charge on any atom is 0.240 e. The van der Waals surface area contributed by atoms with Gasteiger partial charge in [-0.1, -0.05) is 42.5 Å². The molecule has 2 aromatic carbocycles. The first-order valence-corrected chi connectivity index (χ1v) is 11.3. The number of hydrogen-bond acceptors (Lipinski definition) is 5. The van der Waals surface area contributed by atoms with Crippen molar-refractivity contribution in [2.24, 2.45) is 0 Å². The Morgan fingerprint density at radius 3 is 2.27 bits per heavy atom. The van der Waals surface area contributed by atoms with Crippen LogP contribution in [0.3, 0.4) is 0 Å². The summed E-state index contributed by atoms with van der Waals surface area (Å²) in [5.74, 6) is -0.0459. The van der Waals surface area contributed by atoms with Gasteiger partial charge in [-0.15, -0.1) is 0 Å². The summed E-state index contributed by atoms with van der Waals surface area (Å²) in [5.41, 5.74) is 0.627. The van der Waals surface area contributed by atoms with Crippen LogP contribution in [0.2, 0.25) is 0 Å². The predicted molar refractivity (Wildman–Crippen MR) is 123 cm³/mol. The van der Waals surface area contributed by atoms with Gasteiger partial charge in [0.15, 0.2) is 0 Å². The number of rotatable bonds is 7. The first-order chi connectivity index (χ1) is 15.9. The Morgan fingerprint density at radius 1 is 1.03 bits per heavy atom. The van der Waals surface area contributed by atoms with Gasteiger partial charge in [0.05, 0.1) is 25.2 Å². The number of methoxy groups -OCH3 is 1. The maximum absolute atomic E-state index is 13.3. The third-order valence-corrected chi connectivity index (χ3v) is 6.76. The summed E-state index contributed by atoms with van der Waals surface area (Å²) in [5, 5.41) is 0. The molecule has 1 atom stereocenters. The lowest BCUT2D eigenvalue weighted by molar-refractivity contribution is -0.142. The summed E-state index contributed by atoms with van der Waals surface area (Å²) < 4.78 is 11.3. The molecular weight excluding hydrogens is 420 g/mol. The van der Waals surface area contributed by atoms with Gasteiger partial charge in [0.1, 0.15) is 5.75 Å². The molecule has 0 N–H and O–H groups in total. The molecule has 3 amide bonds. The minimum absolute atomic E-state index is 0.00292. The number of likely N-dealkylation sites (tertiary alicyclic amines) is 2. The third-order valence-electron chi connectivity index (χ3n) is 6.76. The van der Waals surface area contributed by atoms with E-state index in [9.17, 15) is 14.4 Å². The molecule has 7 heteroatoms. The number of piperidine rings is 1. The summed E-state index contributed by atoms with van der Waals surface area (Å²) in [6.07, 6.45) is 1.58. The number of amides is 3. The molecule has 0 saturated carbocycles. The molecule has 7 nitrogen and oxygen atoms in total. The first kappa shape index (κ1) is 23.0. The lowest BCUT2D eigenvalue weighted by Crippen LogP contribution is -2.46. The first-order valence-electron chi connectivity index (χ1n) is 11.3. The van der Waals surface area contributed by atoms with E-state index in [4.69, 9.17) is 9.47 Å². The molecule has 2 fully saturated rings. The minimum Gasteiger partial charge on any atom is -0.497 e. The normalized spacial score (nSPS) is 21.5. The van der Waals surface area contributed by atoms with Crippen molar-refractivity contribution in [2.75, 3.05) is 27.2 Å². The molecule has 0 unspecified atom stereocenters. The van der Waals surface area contributed by atoms with Crippen LogP contribution in [-0.4, -0.2) is 60.9 Å². The van der Waals surface area contributed by atoms with Crippen LogP contribution >= 0.6 is 0 Å². The summed E-state index contributed by atoms with van der Waals surface area (Å²) in [6.45, 7) is 1.72. The van der Waals surface area contributed by atoms with Gasteiger partial charge in [0.25, 0.3) is 0 Å². The van der Waals surface area contributed by atoms with Crippen LogP contribution in [0.15, 0.2) is 54.6 Å². The van der Waals surface area contributed by atoms with E-state index in [-0.39, 0.29) is 36.7 Å². The van der Waals surface area contributed by atoms with E-state index in [1.807, 2.05) is 30.3 Å². The lowest BCUT2D eigenvalue weighted by Gasteiger charge is -2.35. The Morgan fingerprint density at radius 2 is 1.70 bits per heavy atom. The van der Waals surface area contributed by atoms with Crippen LogP contribution in [0.1, 0.15) is 36.8 Å². The van der Waals surface area contributed by atoms with Crippen molar-refractivity contribution < 1.29 is 23.9 Å². The average molecular weight is 451 g/mol. The van der Waals surface area contributed by atoms with Crippen molar-refractivity contribution in [1.29, 1.82) is 0 Å². The third kappa shape index (κ3) is 4.78. The fraction of sp³-hybridized carbons (Fsp3) is 0.423. The highest BCUT2D eigenvalue weighted by Gasteiger charge is 2.53. The van der Waals surface area contributed by atoms with Crippen molar-refractivity contribution in [3.63, 3.8) is 0 Å². The van der Waals surface area contributed by atoms with E-state index in [1.165, 1.54) is 7.05 Å². The van der Waals surface area contributed by atoms with Crippen molar-refractivity contribution in [3.05, 3.63) is 65.7 Å². The Balaban J connectivity index is 1.41. The summed E-state index contributed by atoms with van der Waals surface area (Å²) in [7, 11) is 3.05. The fourth-order valence-electron chi connectivity index (χ4n) is 4.69. The summed E-state index contributed by atoms with van der Waals surface area (Å²) in [4.78, 5) is 41.8. The monoisotopic (exact) mass is 450 g/mol. The number of hydrogen-bond donors (Lipinski definition) is 0. The van der Waals surface area contributed by atoms with E-state index in [0.29, 0.717) is 31.0 Å². The SMILES string of the molecule is COc1ccc([C@]2(CC(=O)N3CCC(OCc4ccccc4)CC3)CC(=O)N(C)C2=O)cc1. The molecule has 0 radical (unpaired) electrons. The largest absolute Gasteiger partial charge is 0.497 e. The quantitative estimate of drug-likeness (QED) is 0.607. The Hall–Kier alpha value is -3.19. The molecule has 2 aromatic rings. The molecular formula is C26H30N2O5. The van der Waals surface area contributed by atoms with Crippen LogP contribution in [0.4, 0.5) is 0 Å². The van der Waals surface area contributed by atoms with E-state index in [0.717, 1.165) is 23.3 Å². The predicted octanol–water partition coefficient (Wildman–Crippen LogP) is 2.92. The fourth-order valence-corrected chi connectivity index (χ4v) is 4.69. The second-order valence-corrected chi connectivity index (χ2v) is 8.80. The molecule has 0 aliphatic carbocycles. The number of likely N-dealkylation sites (N-methyl/N-ethyl adjacent to an activating group) is 1. The highest BCUT2D eigenvalue weighted by atomic mass is 16.5. The lowest BCUT2D eigenvalue weighted by atomic mass is 9.75. The van der Waals surface area contributed by atoms with Gasteiger partial charge in [0, 0.05) is 33.0 Å². The second kappa shape index (κ2) is 9.75. The van der Waals surface area contributed by atoms with Crippen LogP contribution in [0.25, 0.3) is 0 Å². The molecule has 2 heterocycles. The Kier molecular flexibility index (Phi) is 6.79. The van der Waals surface area contributed by atoms with Gasteiger partial charge in [-0.05, 0) is 36.1 Å². The zero-order valence-electron chi connectivity index (χ0n) is 19.2. The van der Waals surface area contributed by atoms with Gasteiger partial charge in [-0.25, -0.2) is 0 Å². The van der Waals surface area contributed by atoms with Gasteiger partial charge in [-0.2, -0.15) is 0 Å². The second-order valence-electron chi connectivity index (χ2n) is 8.80. The number of carbonyl (C=O) groups is 3.